The predicted molar refractivity (Wildman–Crippen MR) is 99.8 cm³/mol. The number of aromatic nitrogens is 1. The predicted octanol–water partition coefficient (Wildman–Crippen LogP) is 4.24. The number of Topliss-reactive ketones (excluding diaryl/α,β-unsaturated/α-hetero) is 1. The van der Waals surface area contributed by atoms with Gasteiger partial charge in [0.15, 0.2) is 5.78 Å². The van der Waals surface area contributed by atoms with Crippen molar-refractivity contribution in [2.24, 2.45) is 0 Å². The van der Waals surface area contributed by atoms with E-state index in [9.17, 15) is 9.59 Å². The molecule has 3 heterocycles. The molecule has 0 saturated carbocycles. The van der Waals surface area contributed by atoms with Crippen molar-refractivity contribution in [3.8, 4) is 0 Å². The molecule has 26 heavy (non-hydrogen) atoms. The highest BCUT2D eigenvalue weighted by Crippen LogP contribution is 2.18. The van der Waals surface area contributed by atoms with Crippen molar-refractivity contribution in [2.75, 3.05) is 0 Å². The Morgan fingerprint density at radius 2 is 2.00 bits per heavy atom. The Bertz CT molecular complexity index is 856. The maximum atomic E-state index is 12.7. The Morgan fingerprint density at radius 3 is 2.65 bits per heavy atom. The minimum Gasteiger partial charge on any atom is -0.467 e. The molecule has 1 amide bonds. The number of nitrogens with zero attached hydrogens (tertiary/aromatic N) is 2. The van der Waals surface area contributed by atoms with Crippen molar-refractivity contribution in [1.29, 1.82) is 0 Å². The van der Waals surface area contributed by atoms with E-state index >= 15 is 0 Å². The van der Waals surface area contributed by atoms with E-state index < -0.39 is 0 Å². The Balaban J connectivity index is 1.64. The van der Waals surface area contributed by atoms with E-state index in [1.165, 1.54) is 11.3 Å². The second-order valence-corrected chi connectivity index (χ2v) is 7.31. The summed E-state index contributed by atoms with van der Waals surface area (Å²) in [5.74, 6) is 0.644. The quantitative estimate of drug-likeness (QED) is 0.558. The highest BCUT2D eigenvalue weighted by Gasteiger charge is 2.18. The summed E-state index contributed by atoms with van der Waals surface area (Å²) in [7, 11) is 0. The van der Waals surface area contributed by atoms with Crippen LogP contribution in [0.5, 0.6) is 0 Å². The van der Waals surface area contributed by atoms with Gasteiger partial charge in [-0.3, -0.25) is 14.6 Å². The average molecular weight is 368 g/mol. The van der Waals surface area contributed by atoms with Crippen LogP contribution in [0, 0.1) is 6.92 Å². The number of carbonyl (C=O) groups excluding carboxylic acids is 2. The molecule has 6 heteroatoms. The first-order valence-electron chi connectivity index (χ1n) is 8.40. The number of amides is 1. The number of ketones is 1. The van der Waals surface area contributed by atoms with E-state index in [1.54, 1.807) is 29.6 Å². The second kappa shape index (κ2) is 8.58. The molecule has 0 aliphatic heterocycles. The van der Waals surface area contributed by atoms with Gasteiger partial charge in [0.05, 0.1) is 17.7 Å². The lowest BCUT2D eigenvalue weighted by molar-refractivity contribution is -0.132. The number of furan rings is 1. The van der Waals surface area contributed by atoms with Crippen LogP contribution in [0.25, 0.3) is 0 Å². The van der Waals surface area contributed by atoms with Crippen LogP contribution < -0.4 is 0 Å². The van der Waals surface area contributed by atoms with E-state index in [-0.39, 0.29) is 24.5 Å². The van der Waals surface area contributed by atoms with Crippen molar-refractivity contribution in [3.63, 3.8) is 0 Å². The first kappa shape index (κ1) is 18.1. The summed E-state index contributed by atoms with van der Waals surface area (Å²) >= 11 is 1.46. The van der Waals surface area contributed by atoms with Crippen molar-refractivity contribution in [3.05, 3.63) is 76.1 Å². The summed E-state index contributed by atoms with van der Waals surface area (Å²) in [6.45, 7) is 2.76. The molecular weight excluding hydrogens is 348 g/mol. The number of carbonyl (C=O) groups is 2. The van der Waals surface area contributed by atoms with Crippen LogP contribution in [-0.4, -0.2) is 21.6 Å². The molecule has 5 nitrogen and oxygen atoms in total. The fourth-order valence-corrected chi connectivity index (χ4v) is 3.46. The molecule has 0 aliphatic carbocycles. The molecule has 3 rings (SSSR count). The van der Waals surface area contributed by atoms with Crippen LogP contribution in [0.2, 0.25) is 0 Å². The van der Waals surface area contributed by atoms with Crippen molar-refractivity contribution < 1.29 is 14.0 Å². The lowest BCUT2D eigenvalue weighted by Crippen LogP contribution is -2.30. The Labute approximate surface area is 156 Å². The van der Waals surface area contributed by atoms with E-state index in [2.05, 4.69) is 4.98 Å². The van der Waals surface area contributed by atoms with Gasteiger partial charge in [-0.1, -0.05) is 6.07 Å². The Morgan fingerprint density at radius 1 is 1.12 bits per heavy atom. The molecule has 0 unspecified atom stereocenters. The molecule has 0 spiro atoms. The number of hydrogen-bond donors (Lipinski definition) is 0. The number of rotatable bonds is 8. The van der Waals surface area contributed by atoms with Crippen LogP contribution in [-0.2, 0) is 17.9 Å². The standard InChI is InChI=1S/C20H20N2O3S/c1-15-6-8-19(26-15)18(23)7-9-20(24)22(14-17-5-3-11-25-17)13-16-4-2-10-21-12-16/h2-6,8,10-12H,7,9,13-14H2,1H3. The van der Waals surface area contributed by atoms with Crippen LogP contribution >= 0.6 is 11.3 Å². The summed E-state index contributed by atoms with van der Waals surface area (Å²) < 4.78 is 5.37. The van der Waals surface area contributed by atoms with Crippen molar-refractivity contribution in [2.45, 2.75) is 32.9 Å². The molecule has 0 atom stereocenters. The highest BCUT2D eigenvalue weighted by atomic mass is 32.1. The van der Waals surface area contributed by atoms with Crippen LogP contribution in [0.1, 0.15) is 38.7 Å². The molecule has 0 N–H and O–H groups in total. The third kappa shape index (κ3) is 4.89. The largest absolute Gasteiger partial charge is 0.467 e. The normalized spacial score (nSPS) is 10.7. The lowest BCUT2D eigenvalue weighted by Gasteiger charge is -2.21. The summed E-state index contributed by atoms with van der Waals surface area (Å²) in [6.07, 6.45) is 5.41. The van der Waals surface area contributed by atoms with E-state index in [4.69, 9.17) is 4.42 Å². The van der Waals surface area contributed by atoms with Gasteiger partial charge in [0.2, 0.25) is 5.91 Å². The third-order valence-corrected chi connectivity index (χ3v) is 5.00. The van der Waals surface area contributed by atoms with E-state index in [0.717, 1.165) is 10.4 Å². The maximum absolute atomic E-state index is 12.7. The SMILES string of the molecule is Cc1ccc(C(=O)CCC(=O)N(Cc2cccnc2)Cc2ccco2)s1. The first-order valence-corrected chi connectivity index (χ1v) is 9.22. The Hall–Kier alpha value is -2.73. The molecule has 0 saturated heterocycles. The van der Waals surface area contributed by atoms with Gasteiger partial charge in [-0.05, 0) is 42.8 Å². The van der Waals surface area contributed by atoms with Gasteiger partial charge in [-0.2, -0.15) is 0 Å². The van der Waals surface area contributed by atoms with Crippen LogP contribution in [0.4, 0.5) is 0 Å². The van der Waals surface area contributed by atoms with Gasteiger partial charge >= 0.3 is 0 Å². The summed E-state index contributed by atoms with van der Waals surface area (Å²) in [5.41, 5.74) is 0.938. The average Bonchev–Trinajstić information content (AvgIpc) is 3.31. The number of aryl methyl sites for hydroxylation is 1. The highest BCUT2D eigenvalue weighted by molar-refractivity contribution is 7.14. The van der Waals surface area contributed by atoms with Crippen molar-refractivity contribution in [1.82, 2.24) is 9.88 Å². The minimum absolute atomic E-state index is 0.00998. The molecule has 0 aliphatic rings. The molecule has 3 aromatic heterocycles. The zero-order chi connectivity index (χ0) is 18.4. The van der Waals surface area contributed by atoms with Gasteiger partial charge in [-0.25, -0.2) is 0 Å². The van der Waals surface area contributed by atoms with E-state index in [1.807, 2.05) is 37.3 Å². The molecule has 0 aromatic carbocycles. The summed E-state index contributed by atoms with van der Waals surface area (Å²) in [5, 5.41) is 0. The summed E-state index contributed by atoms with van der Waals surface area (Å²) in [4.78, 5) is 32.6. The molecule has 0 bridgehead atoms. The molecular formula is C20H20N2O3S. The van der Waals surface area contributed by atoms with Gasteiger partial charge < -0.3 is 9.32 Å². The zero-order valence-electron chi connectivity index (χ0n) is 14.6. The lowest BCUT2D eigenvalue weighted by atomic mass is 10.1. The fraction of sp³-hybridized carbons (Fsp3) is 0.250. The van der Waals surface area contributed by atoms with Crippen LogP contribution in [0.3, 0.4) is 0 Å². The topological polar surface area (TPSA) is 63.4 Å². The van der Waals surface area contributed by atoms with Gasteiger partial charge in [0, 0.05) is 36.7 Å². The smallest absolute Gasteiger partial charge is 0.223 e. The minimum atomic E-state index is -0.0770. The van der Waals surface area contributed by atoms with Gasteiger partial charge in [0.25, 0.3) is 0 Å². The fourth-order valence-electron chi connectivity index (χ4n) is 2.62. The molecule has 0 radical (unpaired) electrons. The Kier molecular flexibility index (Phi) is 5.96. The van der Waals surface area contributed by atoms with E-state index in [0.29, 0.717) is 23.7 Å². The maximum Gasteiger partial charge on any atom is 0.223 e. The summed E-state index contributed by atoms with van der Waals surface area (Å²) in [6, 6.07) is 11.1. The number of pyridine rings is 1. The van der Waals surface area contributed by atoms with Crippen molar-refractivity contribution >= 4 is 23.0 Å². The monoisotopic (exact) mass is 368 g/mol. The molecule has 0 fully saturated rings. The number of hydrogen-bond acceptors (Lipinski definition) is 5. The molecule has 3 aromatic rings. The number of thiophene rings is 1. The zero-order valence-corrected chi connectivity index (χ0v) is 15.4. The molecule has 134 valence electrons. The second-order valence-electron chi connectivity index (χ2n) is 6.02. The third-order valence-electron chi connectivity index (χ3n) is 3.96. The van der Waals surface area contributed by atoms with Crippen LogP contribution in [0.15, 0.2) is 59.5 Å². The van der Waals surface area contributed by atoms with Gasteiger partial charge in [-0.15, -0.1) is 11.3 Å². The van der Waals surface area contributed by atoms with Gasteiger partial charge in [0.1, 0.15) is 5.76 Å². The first-order chi connectivity index (χ1) is 12.6.